The van der Waals surface area contributed by atoms with Crippen molar-refractivity contribution in [1.29, 1.82) is 0 Å². The highest BCUT2D eigenvalue weighted by Gasteiger charge is 2.11. The zero-order chi connectivity index (χ0) is 13.9. The zero-order valence-corrected chi connectivity index (χ0v) is 13.2. The molecule has 1 heterocycles. The molecule has 0 saturated heterocycles. The summed E-state index contributed by atoms with van der Waals surface area (Å²) in [6, 6.07) is 8.40. The number of hydrogen-bond donors (Lipinski definition) is 1. The second kappa shape index (κ2) is 6.02. The average molecular weight is 276 g/mol. The number of thiazole rings is 1. The van der Waals surface area contributed by atoms with Gasteiger partial charge in [-0.25, -0.2) is 4.98 Å². The highest BCUT2D eigenvalue weighted by molar-refractivity contribution is 7.18. The highest BCUT2D eigenvalue weighted by atomic mass is 32.1. The van der Waals surface area contributed by atoms with E-state index in [9.17, 15) is 0 Å². The highest BCUT2D eigenvalue weighted by Crippen LogP contribution is 2.24. The number of hydrogen-bond acceptors (Lipinski definition) is 3. The zero-order valence-electron chi connectivity index (χ0n) is 12.4. The van der Waals surface area contributed by atoms with Crippen LogP contribution in [0.3, 0.4) is 0 Å². The molecule has 0 bridgehead atoms. The number of nitrogens with one attached hydrogen (secondary N) is 1. The standard InChI is InChI=1S/C16H24N2S/c1-12(9-10-17-16(2,3)4)11-15-18-13-7-5-6-8-14(13)19-15/h5-8,12,17H,9-11H2,1-4H3. The summed E-state index contributed by atoms with van der Waals surface area (Å²) in [5, 5.41) is 4.82. The van der Waals surface area contributed by atoms with E-state index in [4.69, 9.17) is 4.98 Å². The van der Waals surface area contributed by atoms with E-state index in [0.29, 0.717) is 5.92 Å². The Morgan fingerprint density at radius 2 is 2.00 bits per heavy atom. The van der Waals surface area contributed by atoms with Crippen LogP contribution in [0.15, 0.2) is 24.3 Å². The van der Waals surface area contributed by atoms with Crippen molar-refractivity contribution >= 4 is 21.6 Å². The predicted octanol–water partition coefficient (Wildman–Crippen LogP) is 4.25. The summed E-state index contributed by atoms with van der Waals surface area (Å²) in [7, 11) is 0. The minimum atomic E-state index is 0.218. The summed E-state index contributed by atoms with van der Waals surface area (Å²) < 4.78 is 1.30. The molecule has 2 nitrogen and oxygen atoms in total. The Kier molecular flexibility index (Phi) is 4.58. The third-order valence-corrected chi connectivity index (χ3v) is 4.21. The van der Waals surface area contributed by atoms with Crippen LogP contribution in [0.25, 0.3) is 10.2 Å². The van der Waals surface area contributed by atoms with Crippen LogP contribution in [0.1, 0.15) is 39.1 Å². The fraction of sp³-hybridized carbons (Fsp3) is 0.562. The molecule has 0 aliphatic carbocycles. The summed E-state index contributed by atoms with van der Waals surface area (Å²) in [5.41, 5.74) is 1.36. The summed E-state index contributed by atoms with van der Waals surface area (Å²) in [6.07, 6.45) is 2.29. The number of aromatic nitrogens is 1. The Bertz CT molecular complexity index is 492. The smallest absolute Gasteiger partial charge is 0.0941 e. The predicted molar refractivity (Wildman–Crippen MR) is 84.9 cm³/mol. The van der Waals surface area contributed by atoms with E-state index in [1.54, 1.807) is 0 Å². The van der Waals surface area contributed by atoms with Gasteiger partial charge in [0, 0.05) is 12.0 Å². The van der Waals surface area contributed by atoms with Crippen LogP contribution in [0.4, 0.5) is 0 Å². The number of fused-ring (bicyclic) bond motifs is 1. The van der Waals surface area contributed by atoms with Crippen molar-refractivity contribution in [2.75, 3.05) is 6.54 Å². The first-order valence-electron chi connectivity index (χ1n) is 7.03. The van der Waals surface area contributed by atoms with E-state index < -0.39 is 0 Å². The lowest BCUT2D eigenvalue weighted by molar-refractivity contribution is 0.394. The molecule has 104 valence electrons. The van der Waals surface area contributed by atoms with Gasteiger partial charge in [-0.3, -0.25) is 0 Å². The average Bonchev–Trinajstić information content (AvgIpc) is 2.68. The summed E-state index contributed by atoms with van der Waals surface area (Å²) in [5.74, 6) is 0.676. The van der Waals surface area contributed by atoms with Crippen molar-refractivity contribution in [3.05, 3.63) is 29.3 Å². The van der Waals surface area contributed by atoms with Gasteiger partial charge in [-0.1, -0.05) is 19.1 Å². The molecule has 1 aromatic heterocycles. The first-order chi connectivity index (χ1) is 8.94. The topological polar surface area (TPSA) is 24.9 Å². The van der Waals surface area contributed by atoms with Crippen LogP contribution in [-0.2, 0) is 6.42 Å². The van der Waals surface area contributed by atoms with E-state index in [-0.39, 0.29) is 5.54 Å². The van der Waals surface area contributed by atoms with Gasteiger partial charge in [0.15, 0.2) is 0 Å². The molecule has 0 aliphatic heterocycles. The monoisotopic (exact) mass is 276 g/mol. The molecular weight excluding hydrogens is 252 g/mol. The van der Waals surface area contributed by atoms with Crippen LogP contribution in [-0.4, -0.2) is 17.1 Å². The van der Waals surface area contributed by atoms with Gasteiger partial charge in [-0.2, -0.15) is 0 Å². The molecule has 1 aromatic carbocycles. The first kappa shape index (κ1) is 14.5. The molecule has 0 amide bonds. The van der Waals surface area contributed by atoms with Crippen LogP contribution >= 0.6 is 11.3 Å². The second-order valence-corrected chi connectivity index (χ2v) is 7.47. The maximum atomic E-state index is 4.71. The first-order valence-corrected chi connectivity index (χ1v) is 7.85. The Balaban J connectivity index is 1.86. The lowest BCUT2D eigenvalue weighted by atomic mass is 10.0. The SMILES string of the molecule is CC(CCNC(C)(C)C)Cc1nc2ccccc2s1. The third kappa shape index (κ3) is 4.59. The van der Waals surface area contributed by atoms with Crippen LogP contribution < -0.4 is 5.32 Å². The van der Waals surface area contributed by atoms with Crippen LogP contribution in [0.5, 0.6) is 0 Å². The minimum Gasteiger partial charge on any atom is -0.312 e. The molecule has 0 radical (unpaired) electrons. The Hall–Kier alpha value is -0.930. The third-order valence-electron chi connectivity index (χ3n) is 3.15. The van der Waals surface area contributed by atoms with Crippen molar-refractivity contribution in [2.24, 2.45) is 5.92 Å². The quantitative estimate of drug-likeness (QED) is 0.883. The Morgan fingerprint density at radius 1 is 1.26 bits per heavy atom. The molecule has 0 saturated carbocycles. The van der Waals surface area contributed by atoms with Gasteiger partial charge in [0.2, 0.25) is 0 Å². The molecule has 0 fully saturated rings. The van der Waals surface area contributed by atoms with Crippen LogP contribution in [0, 0.1) is 5.92 Å². The molecule has 1 unspecified atom stereocenters. The summed E-state index contributed by atoms with van der Waals surface area (Å²) in [6.45, 7) is 10.0. The van der Waals surface area contributed by atoms with Gasteiger partial charge in [-0.05, 0) is 51.8 Å². The van der Waals surface area contributed by atoms with E-state index in [1.807, 2.05) is 11.3 Å². The summed E-state index contributed by atoms with van der Waals surface area (Å²) >= 11 is 1.83. The number of rotatable bonds is 5. The number of para-hydroxylation sites is 1. The van der Waals surface area contributed by atoms with E-state index in [0.717, 1.165) is 18.5 Å². The molecule has 0 spiro atoms. The molecule has 1 N–H and O–H groups in total. The molecule has 1 atom stereocenters. The normalized spacial score (nSPS) is 13.9. The Morgan fingerprint density at radius 3 is 2.68 bits per heavy atom. The van der Waals surface area contributed by atoms with Crippen molar-refractivity contribution in [2.45, 2.75) is 46.1 Å². The van der Waals surface area contributed by atoms with Crippen molar-refractivity contribution in [1.82, 2.24) is 10.3 Å². The van der Waals surface area contributed by atoms with E-state index in [2.05, 4.69) is 57.3 Å². The molecular formula is C16H24N2S. The minimum absolute atomic E-state index is 0.218. The number of benzene rings is 1. The summed E-state index contributed by atoms with van der Waals surface area (Å²) in [4.78, 5) is 4.71. The van der Waals surface area contributed by atoms with Crippen molar-refractivity contribution < 1.29 is 0 Å². The lowest BCUT2D eigenvalue weighted by Gasteiger charge is -2.21. The van der Waals surface area contributed by atoms with E-state index >= 15 is 0 Å². The largest absolute Gasteiger partial charge is 0.312 e. The van der Waals surface area contributed by atoms with Gasteiger partial charge >= 0.3 is 0 Å². The van der Waals surface area contributed by atoms with Crippen molar-refractivity contribution in [3.8, 4) is 0 Å². The van der Waals surface area contributed by atoms with Gasteiger partial charge in [0.25, 0.3) is 0 Å². The lowest BCUT2D eigenvalue weighted by Crippen LogP contribution is -2.37. The van der Waals surface area contributed by atoms with Gasteiger partial charge in [0.1, 0.15) is 0 Å². The molecule has 2 rings (SSSR count). The second-order valence-electron chi connectivity index (χ2n) is 6.35. The van der Waals surface area contributed by atoms with Crippen LogP contribution in [0.2, 0.25) is 0 Å². The maximum Gasteiger partial charge on any atom is 0.0941 e. The van der Waals surface area contributed by atoms with E-state index in [1.165, 1.54) is 16.1 Å². The van der Waals surface area contributed by atoms with Gasteiger partial charge in [-0.15, -0.1) is 11.3 Å². The fourth-order valence-electron chi connectivity index (χ4n) is 2.10. The van der Waals surface area contributed by atoms with Gasteiger partial charge < -0.3 is 5.32 Å². The Labute approximate surface area is 120 Å². The molecule has 0 aliphatic rings. The molecule has 19 heavy (non-hydrogen) atoms. The maximum absolute atomic E-state index is 4.71. The number of nitrogens with zero attached hydrogens (tertiary/aromatic N) is 1. The van der Waals surface area contributed by atoms with Gasteiger partial charge in [0.05, 0.1) is 15.2 Å². The van der Waals surface area contributed by atoms with Crippen molar-refractivity contribution in [3.63, 3.8) is 0 Å². The molecule has 2 aromatic rings. The molecule has 3 heteroatoms. The fourth-order valence-corrected chi connectivity index (χ4v) is 3.23.